The molecule has 0 bridgehead atoms. The first-order valence-corrected chi connectivity index (χ1v) is 9.46. The van der Waals surface area contributed by atoms with Gasteiger partial charge < -0.3 is 14.7 Å². The van der Waals surface area contributed by atoms with Crippen molar-refractivity contribution in [2.45, 2.75) is 34.1 Å². The van der Waals surface area contributed by atoms with E-state index in [0.29, 0.717) is 6.42 Å². The summed E-state index contributed by atoms with van der Waals surface area (Å²) in [5.74, 6) is 0. The van der Waals surface area contributed by atoms with Crippen molar-refractivity contribution in [3.8, 4) is 0 Å². The van der Waals surface area contributed by atoms with Crippen LogP contribution in [0.25, 0.3) is 0 Å². The number of thiophene rings is 1. The second-order valence-electron chi connectivity index (χ2n) is 5.57. The standard InChI is InChI=1S/C17H20N2O3S2/c1-21-17(5-8-22-9-6-17)14-10-16(23-12-14)24-15-3-2-13(11-18-15)4-7-19-20/h2-3,7,10-12,20H,4-6,8-9H2,1H3. The number of nitrogens with zero attached hydrogens (tertiary/aromatic N) is 2. The summed E-state index contributed by atoms with van der Waals surface area (Å²) in [4.78, 5) is 4.46. The van der Waals surface area contributed by atoms with Crippen LogP contribution in [0.3, 0.4) is 0 Å². The first kappa shape index (κ1) is 17.4. The zero-order valence-electron chi connectivity index (χ0n) is 13.5. The molecule has 1 fully saturated rings. The van der Waals surface area contributed by atoms with Gasteiger partial charge in [-0.3, -0.25) is 0 Å². The molecule has 3 rings (SSSR count). The topological polar surface area (TPSA) is 63.9 Å². The summed E-state index contributed by atoms with van der Waals surface area (Å²) < 4.78 is 12.5. The van der Waals surface area contributed by atoms with Gasteiger partial charge in [0.1, 0.15) is 5.03 Å². The predicted molar refractivity (Wildman–Crippen MR) is 95.4 cm³/mol. The lowest BCUT2D eigenvalue weighted by molar-refractivity contribution is -0.0946. The fourth-order valence-corrected chi connectivity index (χ4v) is 4.71. The van der Waals surface area contributed by atoms with E-state index >= 15 is 0 Å². The molecule has 0 atom stereocenters. The molecule has 2 aromatic heterocycles. The van der Waals surface area contributed by atoms with Crippen LogP contribution in [0.1, 0.15) is 24.0 Å². The molecule has 0 amide bonds. The van der Waals surface area contributed by atoms with Crippen molar-refractivity contribution in [3.05, 3.63) is 40.9 Å². The Hall–Kier alpha value is -1.41. The van der Waals surface area contributed by atoms with Crippen molar-refractivity contribution >= 4 is 29.3 Å². The molecule has 0 aromatic carbocycles. The molecule has 128 valence electrons. The van der Waals surface area contributed by atoms with E-state index in [9.17, 15) is 0 Å². The Morgan fingerprint density at radius 3 is 2.96 bits per heavy atom. The third-order valence-electron chi connectivity index (χ3n) is 4.20. The maximum atomic E-state index is 8.46. The Balaban J connectivity index is 1.69. The van der Waals surface area contributed by atoms with Gasteiger partial charge in [-0.1, -0.05) is 17.8 Å². The highest BCUT2D eigenvalue weighted by Crippen LogP contribution is 2.41. The van der Waals surface area contributed by atoms with Crippen LogP contribution in [0.5, 0.6) is 0 Å². The van der Waals surface area contributed by atoms with Gasteiger partial charge in [0.25, 0.3) is 0 Å². The van der Waals surface area contributed by atoms with Gasteiger partial charge in [0.2, 0.25) is 0 Å². The lowest BCUT2D eigenvalue weighted by atomic mass is 9.88. The molecule has 2 aromatic rings. The second kappa shape index (κ2) is 8.11. The summed E-state index contributed by atoms with van der Waals surface area (Å²) in [6, 6.07) is 6.20. The molecule has 0 unspecified atom stereocenters. The first-order chi connectivity index (χ1) is 11.8. The molecule has 7 heteroatoms. The van der Waals surface area contributed by atoms with Crippen molar-refractivity contribution < 1.29 is 14.7 Å². The fourth-order valence-electron chi connectivity index (χ4n) is 2.76. The number of oxime groups is 1. The van der Waals surface area contributed by atoms with E-state index in [1.165, 1.54) is 16.0 Å². The summed E-state index contributed by atoms with van der Waals surface area (Å²) in [5, 5.41) is 14.6. The smallest absolute Gasteiger partial charge is 0.101 e. The van der Waals surface area contributed by atoms with Gasteiger partial charge in [-0.2, -0.15) is 0 Å². The highest BCUT2D eigenvalue weighted by atomic mass is 32.2. The normalized spacial score (nSPS) is 17.4. The van der Waals surface area contributed by atoms with E-state index < -0.39 is 0 Å². The number of hydrogen-bond acceptors (Lipinski definition) is 7. The summed E-state index contributed by atoms with van der Waals surface area (Å²) in [5.41, 5.74) is 2.04. The molecule has 1 aliphatic rings. The van der Waals surface area contributed by atoms with Gasteiger partial charge in [-0.05, 0) is 28.6 Å². The second-order valence-corrected chi connectivity index (χ2v) is 7.81. The molecule has 0 radical (unpaired) electrons. The average Bonchev–Trinajstić information content (AvgIpc) is 3.11. The maximum Gasteiger partial charge on any atom is 0.101 e. The van der Waals surface area contributed by atoms with Crippen molar-refractivity contribution in [2.24, 2.45) is 5.16 Å². The molecule has 3 heterocycles. The third-order valence-corrected chi connectivity index (χ3v) is 6.23. The van der Waals surface area contributed by atoms with Gasteiger partial charge in [0.05, 0.1) is 9.81 Å². The van der Waals surface area contributed by atoms with E-state index in [-0.39, 0.29) is 5.60 Å². The molecule has 1 aliphatic heterocycles. The van der Waals surface area contributed by atoms with Crippen LogP contribution in [0.4, 0.5) is 0 Å². The number of rotatable bonds is 6. The van der Waals surface area contributed by atoms with Crippen molar-refractivity contribution in [2.75, 3.05) is 20.3 Å². The molecule has 1 N–H and O–H groups in total. The van der Waals surface area contributed by atoms with E-state index in [0.717, 1.165) is 36.6 Å². The number of methoxy groups -OCH3 is 1. The molecular formula is C17H20N2O3S2. The summed E-state index contributed by atoms with van der Waals surface area (Å²) in [6.45, 7) is 1.48. The number of ether oxygens (including phenoxy) is 2. The van der Waals surface area contributed by atoms with Crippen LogP contribution in [-0.2, 0) is 21.5 Å². The van der Waals surface area contributed by atoms with Gasteiger partial charge in [0, 0.05) is 52.0 Å². The summed E-state index contributed by atoms with van der Waals surface area (Å²) in [7, 11) is 1.78. The van der Waals surface area contributed by atoms with Crippen molar-refractivity contribution in [3.63, 3.8) is 0 Å². The molecular weight excluding hydrogens is 344 g/mol. The van der Waals surface area contributed by atoms with Gasteiger partial charge in [-0.25, -0.2) is 4.98 Å². The Labute approximate surface area is 149 Å². The van der Waals surface area contributed by atoms with Crippen LogP contribution >= 0.6 is 23.1 Å². The van der Waals surface area contributed by atoms with Crippen LogP contribution in [0, 0.1) is 0 Å². The Kier molecular flexibility index (Phi) is 5.89. The van der Waals surface area contributed by atoms with E-state index in [1.54, 1.807) is 30.2 Å². The molecule has 5 nitrogen and oxygen atoms in total. The Morgan fingerprint density at radius 1 is 1.46 bits per heavy atom. The van der Waals surface area contributed by atoms with E-state index in [2.05, 4.69) is 21.6 Å². The number of aromatic nitrogens is 1. The highest BCUT2D eigenvalue weighted by molar-refractivity contribution is 8.01. The quantitative estimate of drug-likeness (QED) is 0.478. The lowest BCUT2D eigenvalue weighted by Crippen LogP contribution is -2.35. The minimum atomic E-state index is -0.214. The zero-order valence-corrected chi connectivity index (χ0v) is 15.1. The zero-order chi connectivity index (χ0) is 16.8. The monoisotopic (exact) mass is 364 g/mol. The predicted octanol–water partition coefficient (Wildman–Crippen LogP) is 3.95. The summed E-state index contributed by atoms with van der Waals surface area (Å²) in [6.07, 6.45) is 5.63. The van der Waals surface area contributed by atoms with Gasteiger partial charge in [-0.15, -0.1) is 16.5 Å². The van der Waals surface area contributed by atoms with Crippen molar-refractivity contribution in [1.29, 1.82) is 0 Å². The Bertz CT molecular complexity index is 679. The van der Waals surface area contributed by atoms with Gasteiger partial charge in [0.15, 0.2) is 0 Å². The molecule has 0 spiro atoms. The molecule has 0 aliphatic carbocycles. The first-order valence-electron chi connectivity index (χ1n) is 7.76. The fraction of sp³-hybridized carbons (Fsp3) is 0.412. The largest absolute Gasteiger partial charge is 0.411 e. The summed E-state index contributed by atoms with van der Waals surface area (Å²) >= 11 is 3.37. The number of pyridine rings is 1. The Morgan fingerprint density at radius 2 is 2.29 bits per heavy atom. The SMILES string of the molecule is COC1(c2csc(Sc3ccc(CC=NO)cn3)c2)CCOCC1. The van der Waals surface area contributed by atoms with Crippen molar-refractivity contribution in [1.82, 2.24) is 4.98 Å². The number of hydrogen-bond donors (Lipinski definition) is 1. The highest BCUT2D eigenvalue weighted by Gasteiger charge is 2.35. The van der Waals surface area contributed by atoms with Gasteiger partial charge >= 0.3 is 0 Å². The average molecular weight is 364 g/mol. The van der Waals surface area contributed by atoms with Crippen LogP contribution in [0.15, 0.2) is 44.2 Å². The molecule has 0 saturated carbocycles. The molecule has 1 saturated heterocycles. The van der Waals surface area contributed by atoms with E-state index in [1.807, 2.05) is 18.3 Å². The third kappa shape index (κ3) is 3.97. The van der Waals surface area contributed by atoms with E-state index in [4.69, 9.17) is 14.7 Å². The van der Waals surface area contributed by atoms with Crippen LogP contribution in [0.2, 0.25) is 0 Å². The lowest BCUT2D eigenvalue weighted by Gasteiger charge is -2.35. The van der Waals surface area contributed by atoms with Crippen LogP contribution < -0.4 is 0 Å². The molecule has 24 heavy (non-hydrogen) atoms. The minimum Gasteiger partial charge on any atom is -0.411 e. The maximum absolute atomic E-state index is 8.46. The van der Waals surface area contributed by atoms with Crippen LogP contribution in [-0.4, -0.2) is 36.7 Å². The minimum absolute atomic E-state index is 0.214.